The molecule has 1 fully saturated rings. The molecule has 17 heavy (non-hydrogen) atoms. The first-order valence-electron chi connectivity index (χ1n) is 5.65. The number of nitrogens with two attached hydrogens (primary N) is 1. The molecule has 1 saturated heterocycles. The second-order valence-corrected chi connectivity index (χ2v) is 7.55. The average Bonchev–Trinajstić information content (AvgIpc) is 2.33. The molecule has 0 aliphatic carbocycles. The van der Waals surface area contributed by atoms with Crippen molar-refractivity contribution in [2.24, 2.45) is 0 Å². The van der Waals surface area contributed by atoms with E-state index in [0.29, 0.717) is 0 Å². The maximum atomic E-state index is 5.86. The summed E-state index contributed by atoms with van der Waals surface area (Å²) in [6.07, 6.45) is 0. The van der Waals surface area contributed by atoms with Crippen LogP contribution in [-0.2, 0) is 0 Å². The van der Waals surface area contributed by atoms with E-state index in [-0.39, 0.29) is 0 Å². The molecule has 0 bridgehead atoms. The van der Waals surface area contributed by atoms with Crippen molar-refractivity contribution in [1.29, 1.82) is 0 Å². The third kappa shape index (κ3) is 3.73. The standard InChI is InChI=1S/C12H17BrN2S2/c1-8-4-12(10(13)5-11(8)14)15-6-9-7-16-2-3-17-9/h4-5,9,15H,2-3,6-7,14H2,1H3. The smallest absolute Gasteiger partial charge is 0.0489 e. The molecule has 0 spiro atoms. The molecule has 1 aromatic carbocycles. The number of rotatable bonds is 3. The van der Waals surface area contributed by atoms with Crippen LogP contribution < -0.4 is 11.1 Å². The molecule has 3 N–H and O–H groups in total. The summed E-state index contributed by atoms with van der Waals surface area (Å²) in [7, 11) is 0. The predicted molar refractivity (Wildman–Crippen MR) is 85.4 cm³/mol. The number of aryl methyl sites for hydroxylation is 1. The van der Waals surface area contributed by atoms with Gasteiger partial charge in [0, 0.05) is 44.9 Å². The molecule has 1 heterocycles. The van der Waals surface area contributed by atoms with Crippen LogP contribution in [0.4, 0.5) is 11.4 Å². The number of anilines is 2. The minimum atomic E-state index is 0.721. The predicted octanol–water partition coefficient (Wildman–Crippen LogP) is 3.60. The van der Waals surface area contributed by atoms with E-state index < -0.39 is 0 Å². The molecule has 0 amide bonds. The summed E-state index contributed by atoms with van der Waals surface area (Å²) in [6, 6.07) is 4.08. The highest BCUT2D eigenvalue weighted by Gasteiger charge is 2.14. The average molecular weight is 333 g/mol. The van der Waals surface area contributed by atoms with E-state index in [1.54, 1.807) is 0 Å². The number of hydrogen-bond acceptors (Lipinski definition) is 4. The minimum Gasteiger partial charge on any atom is -0.398 e. The summed E-state index contributed by atoms with van der Waals surface area (Å²) in [5.41, 5.74) is 8.97. The third-order valence-electron chi connectivity index (χ3n) is 2.76. The summed E-state index contributed by atoms with van der Waals surface area (Å²) in [4.78, 5) is 0. The van der Waals surface area contributed by atoms with Crippen molar-refractivity contribution in [2.45, 2.75) is 12.2 Å². The number of benzene rings is 1. The Hall–Kier alpha value is -0.000000000000000167. The van der Waals surface area contributed by atoms with Gasteiger partial charge in [-0.1, -0.05) is 0 Å². The fraction of sp³-hybridized carbons (Fsp3) is 0.500. The second-order valence-electron chi connectivity index (χ2n) is 4.14. The summed E-state index contributed by atoms with van der Waals surface area (Å²) in [5, 5.41) is 4.23. The first-order chi connectivity index (χ1) is 8.16. The van der Waals surface area contributed by atoms with Gasteiger partial charge in [0.1, 0.15) is 0 Å². The monoisotopic (exact) mass is 332 g/mol. The van der Waals surface area contributed by atoms with Crippen LogP contribution in [0.25, 0.3) is 0 Å². The molecule has 0 saturated carbocycles. The largest absolute Gasteiger partial charge is 0.398 e. The Morgan fingerprint density at radius 3 is 3.00 bits per heavy atom. The molecular weight excluding hydrogens is 316 g/mol. The van der Waals surface area contributed by atoms with Crippen molar-refractivity contribution >= 4 is 50.8 Å². The van der Waals surface area contributed by atoms with Crippen molar-refractivity contribution < 1.29 is 0 Å². The lowest BCUT2D eigenvalue weighted by molar-refractivity contribution is 1.00. The van der Waals surface area contributed by atoms with Gasteiger partial charge in [0.2, 0.25) is 0 Å². The van der Waals surface area contributed by atoms with Crippen molar-refractivity contribution in [2.75, 3.05) is 34.9 Å². The molecule has 5 heteroatoms. The summed E-state index contributed by atoms with van der Waals surface area (Å²) in [5.74, 6) is 3.83. The highest BCUT2D eigenvalue weighted by atomic mass is 79.9. The first kappa shape index (κ1) is 13.4. The van der Waals surface area contributed by atoms with Crippen LogP contribution in [-0.4, -0.2) is 29.1 Å². The van der Waals surface area contributed by atoms with Crippen molar-refractivity contribution in [3.8, 4) is 0 Å². The van der Waals surface area contributed by atoms with Gasteiger partial charge in [-0.2, -0.15) is 23.5 Å². The number of halogens is 1. The summed E-state index contributed by atoms with van der Waals surface area (Å²) < 4.78 is 1.05. The molecular formula is C12H17BrN2S2. The first-order valence-corrected chi connectivity index (χ1v) is 8.65. The lowest BCUT2D eigenvalue weighted by atomic mass is 10.2. The van der Waals surface area contributed by atoms with Crippen LogP contribution in [0.2, 0.25) is 0 Å². The Morgan fingerprint density at radius 1 is 1.47 bits per heavy atom. The molecule has 1 atom stereocenters. The van der Waals surface area contributed by atoms with E-state index in [0.717, 1.165) is 33.2 Å². The topological polar surface area (TPSA) is 38.0 Å². The Labute approximate surface area is 120 Å². The van der Waals surface area contributed by atoms with Gasteiger partial charge in [0.15, 0.2) is 0 Å². The maximum Gasteiger partial charge on any atom is 0.0489 e. The lowest BCUT2D eigenvalue weighted by Gasteiger charge is -2.22. The molecule has 1 unspecified atom stereocenters. The van der Waals surface area contributed by atoms with Gasteiger partial charge in [0.05, 0.1) is 0 Å². The molecule has 1 aliphatic heterocycles. The summed E-state index contributed by atoms with van der Waals surface area (Å²) >= 11 is 7.68. The van der Waals surface area contributed by atoms with Crippen LogP contribution in [0.5, 0.6) is 0 Å². The number of hydrogen-bond donors (Lipinski definition) is 2. The Bertz CT molecular complexity index is 392. The molecule has 2 rings (SSSR count). The highest BCUT2D eigenvalue weighted by molar-refractivity contribution is 9.10. The van der Waals surface area contributed by atoms with E-state index in [1.807, 2.05) is 13.0 Å². The zero-order valence-corrected chi connectivity index (χ0v) is 13.1. The SMILES string of the molecule is Cc1cc(NCC2CSCCS2)c(Br)cc1N. The van der Waals surface area contributed by atoms with Crippen LogP contribution in [0.15, 0.2) is 16.6 Å². The Kier molecular flexibility index (Phi) is 4.94. The zero-order chi connectivity index (χ0) is 12.3. The van der Waals surface area contributed by atoms with Gasteiger partial charge in [-0.05, 0) is 40.5 Å². The van der Waals surface area contributed by atoms with E-state index in [9.17, 15) is 0 Å². The van der Waals surface area contributed by atoms with Crippen molar-refractivity contribution in [3.63, 3.8) is 0 Å². The van der Waals surface area contributed by atoms with Crippen LogP contribution in [0.1, 0.15) is 5.56 Å². The number of nitrogen functional groups attached to an aromatic ring is 1. The highest BCUT2D eigenvalue weighted by Crippen LogP contribution is 2.29. The van der Waals surface area contributed by atoms with Gasteiger partial charge in [-0.3, -0.25) is 0 Å². The van der Waals surface area contributed by atoms with Gasteiger partial charge >= 0.3 is 0 Å². The van der Waals surface area contributed by atoms with Crippen LogP contribution >= 0.6 is 39.5 Å². The Morgan fingerprint density at radius 2 is 2.29 bits per heavy atom. The van der Waals surface area contributed by atoms with Gasteiger partial charge in [-0.25, -0.2) is 0 Å². The molecule has 2 nitrogen and oxygen atoms in total. The molecule has 1 aliphatic rings. The van der Waals surface area contributed by atoms with Crippen LogP contribution in [0.3, 0.4) is 0 Å². The van der Waals surface area contributed by atoms with Gasteiger partial charge in [0.25, 0.3) is 0 Å². The normalized spacial score (nSPS) is 20.2. The zero-order valence-electron chi connectivity index (χ0n) is 9.83. The fourth-order valence-corrected chi connectivity index (χ4v) is 4.82. The minimum absolute atomic E-state index is 0.721. The molecule has 0 radical (unpaired) electrons. The van der Waals surface area contributed by atoms with E-state index in [4.69, 9.17) is 5.73 Å². The van der Waals surface area contributed by atoms with Crippen molar-refractivity contribution in [1.82, 2.24) is 0 Å². The summed E-state index contributed by atoms with van der Waals surface area (Å²) in [6.45, 7) is 3.07. The van der Waals surface area contributed by atoms with E-state index in [2.05, 4.69) is 50.8 Å². The quantitative estimate of drug-likeness (QED) is 0.829. The second kappa shape index (κ2) is 6.25. The number of nitrogens with one attached hydrogen (secondary N) is 1. The van der Waals surface area contributed by atoms with Gasteiger partial charge in [-0.15, -0.1) is 0 Å². The maximum absolute atomic E-state index is 5.86. The molecule has 0 aromatic heterocycles. The molecule has 1 aromatic rings. The third-order valence-corrected chi connectivity index (χ3v) is 6.26. The lowest BCUT2D eigenvalue weighted by Crippen LogP contribution is -2.23. The Balaban J connectivity index is 1.96. The van der Waals surface area contributed by atoms with E-state index >= 15 is 0 Å². The fourth-order valence-electron chi connectivity index (χ4n) is 1.71. The van der Waals surface area contributed by atoms with Gasteiger partial charge < -0.3 is 11.1 Å². The number of thioether (sulfide) groups is 2. The van der Waals surface area contributed by atoms with Crippen LogP contribution in [0, 0.1) is 6.92 Å². The van der Waals surface area contributed by atoms with Crippen molar-refractivity contribution in [3.05, 3.63) is 22.2 Å². The molecule has 94 valence electrons. The van der Waals surface area contributed by atoms with E-state index in [1.165, 1.54) is 17.3 Å².